The highest BCUT2D eigenvalue weighted by Crippen LogP contribution is 2.23. The van der Waals surface area contributed by atoms with Crippen molar-refractivity contribution in [2.75, 3.05) is 6.54 Å². The summed E-state index contributed by atoms with van der Waals surface area (Å²) in [5.41, 5.74) is 2.50. The normalized spacial score (nSPS) is 10.9. The molecule has 0 aliphatic rings. The summed E-state index contributed by atoms with van der Waals surface area (Å²) >= 11 is 18.0. The molecule has 23 heavy (non-hydrogen) atoms. The van der Waals surface area contributed by atoms with Crippen molar-refractivity contribution in [3.8, 4) is 0 Å². The number of hydrogen-bond donors (Lipinski definition) is 2. The van der Waals surface area contributed by atoms with Gasteiger partial charge in [0.2, 0.25) is 0 Å². The Hall–Kier alpha value is -1.68. The zero-order valence-corrected chi connectivity index (χ0v) is 14.3. The molecule has 1 heterocycles. The Morgan fingerprint density at radius 3 is 2.61 bits per heavy atom. The highest BCUT2D eigenvalue weighted by Gasteiger charge is 2.11. The van der Waals surface area contributed by atoms with Crippen molar-refractivity contribution >= 4 is 51.6 Å². The summed E-state index contributed by atoms with van der Waals surface area (Å²) in [5, 5.41) is 5.46. The number of aromatic amines is 1. The van der Waals surface area contributed by atoms with Crippen LogP contribution in [0.2, 0.25) is 15.1 Å². The van der Waals surface area contributed by atoms with Crippen LogP contribution in [0.5, 0.6) is 0 Å². The van der Waals surface area contributed by atoms with Crippen LogP contribution in [0.15, 0.2) is 42.6 Å². The maximum absolute atomic E-state index is 12.2. The molecule has 0 bridgehead atoms. The molecule has 3 rings (SSSR count). The first-order valence-electron chi connectivity index (χ1n) is 7.03. The lowest BCUT2D eigenvalue weighted by molar-refractivity contribution is 0.0954. The smallest absolute Gasteiger partial charge is 0.252 e. The molecule has 3 aromatic rings. The molecule has 6 heteroatoms. The van der Waals surface area contributed by atoms with E-state index in [1.165, 1.54) is 0 Å². The average molecular weight is 368 g/mol. The Balaban J connectivity index is 1.67. The summed E-state index contributed by atoms with van der Waals surface area (Å²) < 4.78 is 0. The number of fused-ring (bicyclic) bond motifs is 1. The molecule has 0 aliphatic heterocycles. The van der Waals surface area contributed by atoms with E-state index in [0.717, 1.165) is 16.5 Å². The number of hydrogen-bond acceptors (Lipinski definition) is 1. The van der Waals surface area contributed by atoms with E-state index in [1.807, 2.05) is 24.4 Å². The van der Waals surface area contributed by atoms with Crippen LogP contribution in [0.3, 0.4) is 0 Å². The fraction of sp³-hybridized carbons (Fsp3) is 0.118. The third-order valence-corrected chi connectivity index (χ3v) is 4.38. The number of amides is 1. The molecule has 0 saturated carbocycles. The quantitative estimate of drug-likeness (QED) is 0.662. The van der Waals surface area contributed by atoms with Gasteiger partial charge in [-0.05, 0) is 48.4 Å². The highest BCUT2D eigenvalue weighted by atomic mass is 35.5. The first-order valence-corrected chi connectivity index (χ1v) is 8.17. The summed E-state index contributed by atoms with van der Waals surface area (Å²) in [5.74, 6) is -0.240. The van der Waals surface area contributed by atoms with Gasteiger partial charge in [-0.15, -0.1) is 0 Å². The summed E-state index contributed by atoms with van der Waals surface area (Å²) in [4.78, 5) is 15.4. The largest absolute Gasteiger partial charge is 0.361 e. The minimum absolute atomic E-state index is 0.240. The maximum Gasteiger partial charge on any atom is 0.252 e. The topological polar surface area (TPSA) is 44.9 Å². The van der Waals surface area contributed by atoms with Gasteiger partial charge in [-0.3, -0.25) is 4.79 Å². The fourth-order valence-electron chi connectivity index (χ4n) is 2.43. The molecule has 0 unspecified atom stereocenters. The standard InChI is InChI=1S/C17H13Cl3N2O/c18-11-1-3-15(20)14(8-11)17(23)21-6-5-10-9-22-16-4-2-12(19)7-13(10)16/h1-4,7-9,22H,5-6H2,(H,21,23). The molecule has 2 aromatic carbocycles. The zero-order valence-electron chi connectivity index (χ0n) is 12.0. The van der Waals surface area contributed by atoms with Gasteiger partial charge in [0.1, 0.15) is 0 Å². The maximum atomic E-state index is 12.2. The van der Waals surface area contributed by atoms with Crippen molar-refractivity contribution in [1.82, 2.24) is 10.3 Å². The van der Waals surface area contributed by atoms with E-state index in [1.54, 1.807) is 18.2 Å². The Bertz CT molecular complexity index is 873. The SMILES string of the molecule is O=C(NCCc1c[nH]c2ccc(Cl)cc12)c1cc(Cl)ccc1Cl. The number of carbonyl (C=O) groups excluding carboxylic acids is 1. The molecule has 2 N–H and O–H groups in total. The number of rotatable bonds is 4. The van der Waals surface area contributed by atoms with E-state index in [4.69, 9.17) is 34.8 Å². The van der Waals surface area contributed by atoms with Crippen molar-refractivity contribution in [1.29, 1.82) is 0 Å². The number of halogens is 3. The highest BCUT2D eigenvalue weighted by molar-refractivity contribution is 6.35. The van der Waals surface area contributed by atoms with E-state index in [0.29, 0.717) is 33.6 Å². The van der Waals surface area contributed by atoms with Crippen molar-refractivity contribution in [2.45, 2.75) is 6.42 Å². The van der Waals surface area contributed by atoms with Gasteiger partial charge in [0.25, 0.3) is 5.91 Å². The van der Waals surface area contributed by atoms with Crippen molar-refractivity contribution in [2.24, 2.45) is 0 Å². The van der Waals surface area contributed by atoms with E-state index in [2.05, 4.69) is 10.3 Å². The molecule has 0 aliphatic carbocycles. The number of aromatic nitrogens is 1. The Labute approximate surface area is 148 Å². The third-order valence-electron chi connectivity index (χ3n) is 3.58. The second-order valence-corrected chi connectivity index (χ2v) is 6.41. The van der Waals surface area contributed by atoms with E-state index in [-0.39, 0.29) is 5.91 Å². The summed E-state index contributed by atoms with van der Waals surface area (Å²) in [6.45, 7) is 0.487. The van der Waals surface area contributed by atoms with E-state index < -0.39 is 0 Å². The van der Waals surface area contributed by atoms with Gasteiger partial charge in [0.05, 0.1) is 10.6 Å². The number of nitrogens with one attached hydrogen (secondary N) is 2. The van der Waals surface area contributed by atoms with Gasteiger partial charge >= 0.3 is 0 Å². The van der Waals surface area contributed by atoms with Crippen LogP contribution in [0.25, 0.3) is 10.9 Å². The fourth-order valence-corrected chi connectivity index (χ4v) is 2.98. The van der Waals surface area contributed by atoms with Crippen molar-refractivity contribution in [3.05, 3.63) is 68.8 Å². The van der Waals surface area contributed by atoms with Gasteiger partial charge in [-0.2, -0.15) is 0 Å². The lowest BCUT2D eigenvalue weighted by atomic mass is 10.1. The summed E-state index contributed by atoms with van der Waals surface area (Å²) in [6.07, 6.45) is 2.61. The Morgan fingerprint density at radius 2 is 1.78 bits per heavy atom. The second-order valence-electron chi connectivity index (χ2n) is 5.13. The third kappa shape index (κ3) is 3.63. The van der Waals surface area contributed by atoms with Crippen molar-refractivity contribution < 1.29 is 4.79 Å². The van der Waals surface area contributed by atoms with Crippen LogP contribution in [0.4, 0.5) is 0 Å². The second kappa shape index (κ2) is 6.83. The van der Waals surface area contributed by atoms with E-state index >= 15 is 0 Å². The number of H-pyrrole nitrogens is 1. The molecule has 1 amide bonds. The lowest BCUT2D eigenvalue weighted by Gasteiger charge is -2.07. The molecule has 3 nitrogen and oxygen atoms in total. The van der Waals surface area contributed by atoms with Gasteiger partial charge in [0.15, 0.2) is 0 Å². The lowest BCUT2D eigenvalue weighted by Crippen LogP contribution is -2.25. The van der Waals surface area contributed by atoms with Crippen LogP contribution >= 0.6 is 34.8 Å². The number of carbonyl (C=O) groups is 1. The first-order chi connectivity index (χ1) is 11.0. The molecular weight excluding hydrogens is 355 g/mol. The summed E-state index contributed by atoms with van der Waals surface area (Å²) in [6, 6.07) is 10.5. The van der Waals surface area contributed by atoms with Crippen LogP contribution in [0, 0.1) is 0 Å². The molecular formula is C17H13Cl3N2O. The minimum atomic E-state index is -0.240. The predicted molar refractivity (Wildman–Crippen MR) is 95.8 cm³/mol. The molecule has 0 radical (unpaired) electrons. The van der Waals surface area contributed by atoms with E-state index in [9.17, 15) is 4.79 Å². The number of benzene rings is 2. The van der Waals surface area contributed by atoms with Crippen LogP contribution < -0.4 is 5.32 Å². The minimum Gasteiger partial charge on any atom is -0.361 e. The van der Waals surface area contributed by atoms with Crippen molar-refractivity contribution in [3.63, 3.8) is 0 Å². The first kappa shape index (κ1) is 16.2. The van der Waals surface area contributed by atoms with Crippen LogP contribution in [0.1, 0.15) is 15.9 Å². The molecule has 0 saturated heterocycles. The van der Waals surface area contributed by atoms with Gasteiger partial charge in [-0.25, -0.2) is 0 Å². The summed E-state index contributed by atoms with van der Waals surface area (Å²) in [7, 11) is 0. The molecule has 0 spiro atoms. The van der Waals surface area contributed by atoms with Crippen LogP contribution in [-0.4, -0.2) is 17.4 Å². The molecule has 1 aromatic heterocycles. The van der Waals surface area contributed by atoms with Crippen LogP contribution in [-0.2, 0) is 6.42 Å². The average Bonchev–Trinajstić information content (AvgIpc) is 2.92. The van der Waals surface area contributed by atoms with Gasteiger partial charge in [-0.1, -0.05) is 34.8 Å². The Kier molecular flexibility index (Phi) is 4.81. The molecule has 0 atom stereocenters. The predicted octanol–water partition coefficient (Wildman–Crippen LogP) is 5.10. The monoisotopic (exact) mass is 366 g/mol. The van der Waals surface area contributed by atoms with Gasteiger partial charge < -0.3 is 10.3 Å². The van der Waals surface area contributed by atoms with Gasteiger partial charge in [0, 0.05) is 33.7 Å². The Morgan fingerprint density at radius 1 is 1.04 bits per heavy atom. The zero-order chi connectivity index (χ0) is 16.4. The molecule has 118 valence electrons. The molecule has 0 fully saturated rings.